The molecule has 2 aliphatic heterocycles. The second kappa shape index (κ2) is 8.59. The molecule has 0 unspecified atom stereocenters. The van der Waals surface area contributed by atoms with Crippen LogP contribution in [0.4, 0.5) is 5.95 Å². The fraction of sp³-hybridized carbons (Fsp3) is 0.550. The van der Waals surface area contributed by atoms with Gasteiger partial charge >= 0.3 is 5.69 Å². The lowest BCUT2D eigenvalue weighted by molar-refractivity contribution is -0.0745. The van der Waals surface area contributed by atoms with Crippen LogP contribution >= 0.6 is 11.6 Å². The van der Waals surface area contributed by atoms with Gasteiger partial charge in [0.05, 0.1) is 12.7 Å². The Kier molecular flexibility index (Phi) is 5.94. The SMILES string of the molecule is C[C@H]1CN(C2CCN(c3ncnc(=O)[nH]3)CC2)[C@@H](Cc2ccc(Cl)cc2)CO1. The van der Waals surface area contributed by atoms with E-state index in [0.717, 1.165) is 50.5 Å². The Bertz CT molecular complexity index is 835. The molecule has 150 valence electrons. The van der Waals surface area contributed by atoms with E-state index in [1.807, 2.05) is 12.1 Å². The summed E-state index contributed by atoms with van der Waals surface area (Å²) in [6.07, 6.45) is 4.61. The Morgan fingerprint density at radius 1 is 1.21 bits per heavy atom. The van der Waals surface area contributed by atoms with Gasteiger partial charge in [-0.25, -0.2) is 9.78 Å². The van der Waals surface area contributed by atoms with Crippen LogP contribution in [-0.2, 0) is 11.2 Å². The molecule has 2 fully saturated rings. The zero-order valence-corrected chi connectivity index (χ0v) is 16.8. The summed E-state index contributed by atoms with van der Waals surface area (Å²) in [5, 5.41) is 0.768. The van der Waals surface area contributed by atoms with Crippen molar-refractivity contribution in [2.24, 2.45) is 0 Å². The number of hydrogen-bond acceptors (Lipinski definition) is 6. The van der Waals surface area contributed by atoms with E-state index in [4.69, 9.17) is 16.3 Å². The molecule has 1 aromatic carbocycles. The Balaban J connectivity index is 1.42. The number of piperidine rings is 1. The summed E-state index contributed by atoms with van der Waals surface area (Å²) in [4.78, 5) is 26.8. The molecule has 1 N–H and O–H groups in total. The number of nitrogens with zero attached hydrogens (tertiary/aromatic N) is 4. The summed E-state index contributed by atoms with van der Waals surface area (Å²) < 4.78 is 5.98. The number of hydrogen-bond donors (Lipinski definition) is 1. The van der Waals surface area contributed by atoms with Crippen LogP contribution in [0.2, 0.25) is 5.02 Å². The highest BCUT2D eigenvalue weighted by Crippen LogP contribution is 2.26. The molecule has 1 aromatic heterocycles. The molecule has 28 heavy (non-hydrogen) atoms. The number of nitrogens with one attached hydrogen (secondary N) is 1. The van der Waals surface area contributed by atoms with Crippen LogP contribution in [0.5, 0.6) is 0 Å². The van der Waals surface area contributed by atoms with Gasteiger partial charge in [-0.1, -0.05) is 23.7 Å². The summed E-state index contributed by atoms with van der Waals surface area (Å²) in [5.74, 6) is 0.617. The zero-order valence-electron chi connectivity index (χ0n) is 16.1. The Morgan fingerprint density at radius 3 is 2.68 bits per heavy atom. The number of halogens is 1. The first-order chi connectivity index (χ1) is 13.6. The predicted molar refractivity (Wildman–Crippen MR) is 109 cm³/mol. The van der Waals surface area contributed by atoms with Gasteiger partial charge < -0.3 is 9.64 Å². The molecule has 0 radical (unpaired) electrons. The molecule has 2 saturated heterocycles. The van der Waals surface area contributed by atoms with Gasteiger partial charge in [-0.05, 0) is 43.9 Å². The Hall–Kier alpha value is -1.96. The second-order valence-electron chi connectivity index (χ2n) is 7.67. The molecule has 0 amide bonds. The lowest BCUT2D eigenvalue weighted by Crippen LogP contribution is -2.56. The van der Waals surface area contributed by atoms with E-state index in [1.54, 1.807) is 0 Å². The topological polar surface area (TPSA) is 74.4 Å². The maximum absolute atomic E-state index is 11.5. The van der Waals surface area contributed by atoms with Crippen LogP contribution in [-0.4, -0.2) is 64.3 Å². The smallest absolute Gasteiger partial charge is 0.349 e. The van der Waals surface area contributed by atoms with Gasteiger partial charge in [0.25, 0.3) is 0 Å². The van der Waals surface area contributed by atoms with Crippen LogP contribution in [0, 0.1) is 0 Å². The minimum Gasteiger partial charge on any atom is -0.376 e. The van der Waals surface area contributed by atoms with E-state index in [-0.39, 0.29) is 11.8 Å². The van der Waals surface area contributed by atoms with E-state index in [1.165, 1.54) is 11.9 Å². The monoisotopic (exact) mass is 403 g/mol. The first-order valence-corrected chi connectivity index (χ1v) is 10.2. The maximum Gasteiger partial charge on any atom is 0.349 e. The highest BCUT2D eigenvalue weighted by Gasteiger charge is 2.34. The van der Waals surface area contributed by atoms with Gasteiger partial charge in [-0.15, -0.1) is 0 Å². The number of anilines is 1. The van der Waals surface area contributed by atoms with Gasteiger partial charge in [0.15, 0.2) is 0 Å². The van der Waals surface area contributed by atoms with Gasteiger partial charge in [0, 0.05) is 36.7 Å². The fourth-order valence-corrected chi connectivity index (χ4v) is 4.38. The Morgan fingerprint density at radius 2 is 1.96 bits per heavy atom. The van der Waals surface area contributed by atoms with Crippen molar-refractivity contribution < 1.29 is 4.74 Å². The molecule has 3 heterocycles. The maximum atomic E-state index is 11.5. The molecule has 2 atom stereocenters. The third kappa shape index (κ3) is 4.54. The van der Waals surface area contributed by atoms with E-state index in [2.05, 4.69) is 43.8 Å². The number of morpholine rings is 1. The van der Waals surface area contributed by atoms with Crippen molar-refractivity contribution in [2.45, 2.75) is 44.4 Å². The first-order valence-electron chi connectivity index (χ1n) is 9.86. The zero-order chi connectivity index (χ0) is 19.5. The average Bonchev–Trinajstić information content (AvgIpc) is 2.71. The summed E-state index contributed by atoms with van der Waals surface area (Å²) in [6.45, 7) is 5.59. The standard InChI is InChI=1S/C20H26ClN5O2/c1-14-11-26(18(12-28-14)10-15-2-4-16(21)5-3-15)17-6-8-25(9-7-17)19-22-13-23-20(27)24-19/h2-5,13-14,17-18H,6-12H2,1H3,(H,22,23,24,27)/t14-,18-/m0/s1. The molecule has 2 aromatic rings. The van der Waals surface area contributed by atoms with Crippen molar-refractivity contribution in [1.29, 1.82) is 0 Å². The van der Waals surface area contributed by atoms with Crippen molar-refractivity contribution >= 4 is 17.5 Å². The van der Waals surface area contributed by atoms with Crippen molar-refractivity contribution in [3.05, 3.63) is 51.7 Å². The Labute approximate surface area is 169 Å². The summed E-state index contributed by atoms with van der Waals surface area (Å²) in [7, 11) is 0. The minimum atomic E-state index is -0.350. The molecular weight excluding hydrogens is 378 g/mol. The van der Waals surface area contributed by atoms with E-state index >= 15 is 0 Å². The summed E-state index contributed by atoms with van der Waals surface area (Å²) in [5.41, 5.74) is 0.936. The lowest BCUT2D eigenvalue weighted by Gasteiger charge is -2.46. The van der Waals surface area contributed by atoms with Crippen LogP contribution in [0.1, 0.15) is 25.3 Å². The van der Waals surface area contributed by atoms with Crippen molar-refractivity contribution in [2.75, 3.05) is 31.1 Å². The van der Waals surface area contributed by atoms with E-state index < -0.39 is 0 Å². The molecule has 4 rings (SSSR count). The van der Waals surface area contributed by atoms with Gasteiger partial charge in [0.1, 0.15) is 6.33 Å². The number of rotatable bonds is 4. The second-order valence-corrected chi connectivity index (χ2v) is 8.11. The third-order valence-corrected chi connectivity index (χ3v) is 5.95. The van der Waals surface area contributed by atoms with Crippen LogP contribution < -0.4 is 10.6 Å². The number of H-pyrrole nitrogens is 1. The van der Waals surface area contributed by atoms with Crippen LogP contribution in [0.25, 0.3) is 0 Å². The quantitative estimate of drug-likeness (QED) is 0.842. The fourth-order valence-electron chi connectivity index (χ4n) is 4.25. The molecule has 0 aliphatic carbocycles. The lowest BCUT2D eigenvalue weighted by atomic mass is 9.96. The van der Waals surface area contributed by atoms with Crippen molar-refractivity contribution in [3.63, 3.8) is 0 Å². The van der Waals surface area contributed by atoms with Crippen molar-refractivity contribution in [3.8, 4) is 0 Å². The van der Waals surface area contributed by atoms with Gasteiger partial charge in [-0.2, -0.15) is 4.98 Å². The average molecular weight is 404 g/mol. The van der Waals surface area contributed by atoms with Gasteiger partial charge in [-0.3, -0.25) is 9.88 Å². The van der Waals surface area contributed by atoms with Crippen LogP contribution in [0.15, 0.2) is 35.4 Å². The van der Waals surface area contributed by atoms with Crippen molar-refractivity contribution in [1.82, 2.24) is 19.9 Å². The third-order valence-electron chi connectivity index (χ3n) is 5.70. The van der Waals surface area contributed by atoms with Gasteiger partial charge in [0.2, 0.25) is 5.95 Å². The molecule has 0 spiro atoms. The largest absolute Gasteiger partial charge is 0.376 e. The number of benzene rings is 1. The number of aromatic amines is 1. The normalized spacial score (nSPS) is 24.4. The van der Waals surface area contributed by atoms with E-state index in [0.29, 0.717) is 18.0 Å². The van der Waals surface area contributed by atoms with Crippen LogP contribution in [0.3, 0.4) is 0 Å². The molecule has 7 nitrogen and oxygen atoms in total. The molecule has 0 saturated carbocycles. The summed E-state index contributed by atoms with van der Waals surface area (Å²) >= 11 is 6.03. The molecular formula is C20H26ClN5O2. The molecule has 0 bridgehead atoms. The molecule has 8 heteroatoms. The minimum absolute atomic E-state index is 0.248. The summed E-state index contributed by atoms with van der Waals surface area (Å²) in [6, 6.07) is 8.99. The number of aromatic nitrogens is 3. The number of ether oxygens (including phenoxy) is 1. The first kappa shape index (κ1) is 19.4. The highest BCUT2D eigenvalue weighted by molar-refractivity contribution is 6.30. The molecule has 2 aliphatic rings. The predicted octanol–water partition coefficient (Wildman–Crippen LogP) is 2.12. The van der Waals surface area contributed by atoms with E-state index in [9.17, 15) is 4.79 Å². The highest BCUT2D eigenvalue weighted by atomic mass is 35.5.